The highest BCUT2D eigenvalue weighted by Gasteiger charge is 2.20. The number of nitrogens with zero attached hydrogens (tertiary/aromatic N) is 2. The molecule has 142 valence electrons. The molecule has 0 saturated heterocycles. The number of hydrogen-bond donors (Lipinski definition) is 0. The summed E-state index contributed by atoms with van der Waals surface area (Å²) in [5.74, 6) is 0.837. The first kappa shape index (κ1) is 20.4. The molecule has 0 aliphatic rings. The Morgan fingerprint density at radius 2 is 2.08 bits per heavy atom. The molecule has 2 aromatic rings. The Morgan fingerprint density at radius 3 is 2.73 bits per heavy atom. The van der Waals surface area contributed by atoms with Crippen LogP contribution in [0.25, 0.3) is 0 Å². The zero-order chi connectivity index (χ0) is 19.1. The molecular formula is C20H28N2O3S. The smallest absolute Gasteiger partial charge is 0.249 e. The number of carbonyl (C=O) groups is 1. The van der Waals surface area contributed by atoms with Gasteiger partial charge in [-0.15, -0.1) is 11.3 Å². The second kappa shape index (κ2) is 9.69. The number of hydrogen-bond acceptors (Lipinski definition) is 5. The van der Waals surface area contributed by atoms with Crippen LogP contribution < -0.4 is 4.74 Å². The molecule has 1 amide bonds. The monoisotopic (exact) mass is 376 g/mol. The van der Waals surface area contributed by atoms with Gasteiger partial charge in [0.1, 0.15) is 24.0 Å². The lowest BCUT2D eigenvalue weighted by Gasteiger charge is -2.27. The maximum absolute atomic E-state index is 12.3. The molecular weight excluding hydrogens is 348 g/mol. The molecule has 1 unspecified atom stereocenters. The number of methoxy groups -OCH3 is 1. The highest BCUT2D eigenvalue weighted by Crippen LogP contribution is 2.20. The minimum absolute atomic E-state index is 0.0113. The maximum Gasteiger partial charge on any atom is 0.249 e. The van der Waals surface area contributed by atoms with Gasteiger partial charge in [0, 0.05) is 18.5 Å². The molecule has 0 aliphatic carbocycles. The first-order valence-electron chi connectivity index (χ1n) is 8.86. The maximum atomic E-state index is 12.3. The molecule has 0 saturated carbocycles. The molecule has 2 rings (SSSR count). The third-order valence-corrected chi connectivity index (χ3v) is 5.35. The van der Waals surface area contributed by atoms with Gasteiger partial charge in [-0.05, 0) is 50.5 Å². The lowest BCUT2D eigenvalue weighted by Crippen LogP contribution is -2.39. The third-order valence-electron chi connectivity index (χ3n) is 4.48. The molecule has 1 aromatic carbocycles. The number of thiazole rings is 1. The van der Waals surface area contributed by atoms with Gasteiger partial charge in [0.25, 0.3) is 0 Å². The first-order chi connectivity index (χ1) is 12.4. The zero-order valence-electron chi connectivity index (χ0n) is 16.2. The second-order valence-corrected chi connectivity index (χ2v) is 7.42. The van der Waals surface area contributed by atoms with E-state index in [9.17, 15) is 4.79 Å². The predicted octanol–water partition coefficient (Wildman–Crippen LogP) is 4.11. The summed E-state index contributed by atoms with van der Waals surface area (Å²) in [4.78, 5) is 18.7. The van der Waals surface area contributed by atoms with E-state index >= 15 is 0 Å². The number of carbonyl (C=O) groups excluding carboxylic acids is 1. The van der Waals surface area contributed by atoms with E-state index in [0.717, 1.165) is 22.9 Å². The Morgan fingerprint density at radius 1 is 1.31 bits per heavy atom. The quantitative estimate of drug-likeness (QED) is 0.661. The Labute approximate surface area is 160 Å². The van der Waals surface area contributed by atoms with Crippen molar-refractivity contribution < 1.29 is 14.3 Å². The minimum Gasteiger partial charge on any atom is -0.486 e. The molecule has 5 nitrogen and oxygen atoms in total. The van der Waals surface area contributed by atoms with Crippen LogP contribution in [-0.4, -0.2) is 35.5 Å². The van der Waals surface area contributed by atoms with E-state index < -0.39 is 0 Å². The van der Waals surface area contributed by atoms with Crippen LogP contribution in [0.4, 0.5) is 0 Å². The summed E-state index contributed by atoms with van der Waals surface area (Å²) in [7, 11) is 1.54. The fourth-order valence-electron chi connectivity index (χ4n) is 2.53. The molecule has 0 N–H and O–H groups in total. The summed E-state index contributed by atoms with van der Waals surface area (Å²) in [5.41, 5.74) is 3.35. The van der Waals surface area contributed by atoms with Gasteiger partial charge in [0.05, 0.1) is 12.2 Å². The van der Waals surface area contributed by atoms with Gasteiger partial charge < -0.3 is 14.4 Å². The van der Waals surface area contributed by atoms with Crippen molar-refractivity contribution in [2.75, 3.05) is 13.7 Å². The van der Waals surface area contributed by atoms with E-state index in [1.165, 1.54) is 18.2 Å². The van der Waals surface area contributed by atoms with Crippen LogP contribution in [0.3, 0.4) is 0 Å². The molecule has 0 bridgehead atoms. The first-order valence-corrected chi connectivity index (χ1v) is 9.74. The van der Waals surface area contributed by atoms with Gasteiger partial charge in [-0.3, -0.25) is 4.79 Å². The van der Waals surface area contributed by atoms with Crippen LogP contribution in [0.5, 0.6) is 5.75 Å². The van der Waals surface area contributed by atoms with Gasteiger partial charge in [-0.25, -0.2) is 4.98 Å². The molecule has 0 aliphatic heterocycles. The lowest BCUT2D eigenvalue weighted by atomic mass is 10.1. The van der Waals surface area contributed by atoms with E-state index in [4.69, 9.17) is 9.47 Å². The number of rotatable bonds is 9. The Bertz CT molecular complexity index is 730. The van der Waals surface area contributed by atoms with Crippen molar-refractivity contribution in [3.8, 4) is 5.75 Å². The summed E-state index contributed by atoms with van der Waals surface area (Å²) in [5, 5.41) is 2.90. The molecule has 6 heteroatoms. The van der Waals surface area contributed by atoms with Crippen LogP contribution in [0.1, 0.15) is 42.1 Å². The molecule has 1 aromatic heterocycles. The molecule has 26 heavy (non-hydrogen) atoms. The van der Waals surface area contributed by atoms with Crippen molar-refractivity contribution >= 4 is 17.2 Å². The largest absolute Gasteiger partial charge is 0.486 e. The van der Waals surface area contributed by atoms with Gasteiger partial charge in [0.2, 0.25) is 5.91 Å². The van der Waals surface area contributed by atoms with Crippen LogP contribution in [0.15, 0.2) is 23.6 Å². The highest BCUT2D eigenvalue weighted by atomic mass is 32.1. The second-order valence-electron chi connectivity index (χ2n) is 6.48. The van der Waals surface area contributed by atoms with E-state index in [2.05, 4.69) is 31.8 Å². The average molecular weight is 377 g/mol. The minimum atomic E-state index is -0.0113. The average Bonchev–Trinajstić information content (AvgIpc) is 3.08. The number of aromatic nitrogens is 1. The van der Waals surface area contributed by atoms with Gasteiger partial charge in [0.15, 0.2) is 0 Å². The molecule has 0 radical (unpaired) electrons. The summed E-state index contributed by atoms with van der Waals surface area (Å²) < 4.78 is 10.8. The van der Waals surface area contributed by atoms with E-state index in [0.29, 0.717) is 13.2 Å². The third kappa shape index (κ3) is 5.54. The normalized spacial score (nSPS) is 12.0. The summed E-state index contributed by atoms with van der Waals surface area (Å²) in [6.07, 6.45) is 0.891. The van der Waals surface area contributed by atoms with Crippen molar-refractivity contribution in [2.45, 2.75) is 53.3 Å². The molecule has 0 spiro atoms. The zero-order valence-corrected chi connectivity index (χ0v) is 17.1. The summed E-state index contributed by atoms with van der Waals surface area (Å²) in [6, 6.07) is 6.22. The van der Waals surface area contributed by atoms with Crippen LogP contribution >= 0.6 is 11.3 Å². The molecule has 1 heterocycles. The van der Waals surface area contributed by atoms with E-state index in [1.54, 1.807) is 11.3 Å². The van der Waals surface area contributed by atoms with Crippen molar-refractivity contribution in [3.05, 3.63) is 45.4 Å². The van der Waals surface area contributed by atoms with E-state index in [1.807, 2.05) is 29.3 Å². The standard InChI is InChI=1S/C20H28N2O3S/c1-6-16(4)22(20(23)12-24-5)10-17-13-26-19(21-17)11-25-18-8-7-14(2)15(3)9-18/h7-9,13,16H,6,10-12H2,1-5H3. The molecule has 1 atom stereocenters. The summed E-state index contributed by atoms with van der Waals surface area (Å²) >= 11 is 1.56. The van der Waals surface area contributed by atoms with Gasteiger partial charge in [-0.2, -0.15) is 0 Å². The number of amides is 1. The Kier molecular flexibility index (Phi) is 7.60. The number of benzene rings is 1. The van der Waals surface area contributed by atoms with Crippen molar-refractivity contribution in [2.24, 2.45) is 0 Å². The SMILES string of the molecule is CCC(C)N(Cc1csc(COc2ccc(C)c(C)c2)n1)C(=O)COC. The van der Waals surface area contributed by atoms with Gasteiger partial charge >= 0.3 is 0 Å². The topological polar surface area (TPSA) is 51.7 Å². The fourth-order valence-corrected chi connectivity index (χ4v) is 3.22. The van der Waals surface area contributed by atoms with Crippen LogP contribution in [0.2, 0.25) is 0 Å². The fraction of sp³-hybridized carbons (Fsp3) is 0.500. The van der Waals surface area contributed by atoms with Crippen LogP contribution in [-0.2, 0) is 22.7 Å². The van der Waals surface area contributed by atoms with E-state index in [-0.39, 0.29) is 18.6 Å². The number of aryl methyl sites for hydroxylation is 2. The van der Waals surface area contributed by atoms with Gasteiger partial charge in [-0.1, -0.05) is 13.0 Å². The van der Waals surface area contributed by atoms with Crippen LogP contribution in [0, 0.1) is 13.8 Å². The summed E-state index contributed by atoms with van der Waals surface area (Å²) in [6.45, 7) is 9.30. The Hall–Kier alpha value is -1.92. The van der Waals surface area contributed by atoms with Crippen molar-refractivity contribution in [3.63, 3.8) is 0 Å². The lowest BCUT2D eigenvalue weighted by molar-refractivity contribution is -0.138. The molecule has 0 fully saturated rings. The number of ether oxygens (including phenoxy) is 2. The van der Waals surface area contributed by atoms with Crippen molar-refractivity contribution in [1.29, 1.82) is 0 Å². The highest BCUT2D eigenvalue weighted by molar-refractivity contribution is 7.09. The van der Waals surface area contributed by atoms with Crippen molar-refractivity contribution in [1.82, 2.24) is 9.88 Å². The predicted molar refractivity (Wildman–Crippen MR) is 105 cm³/mol. The Balaban J connectivity index is 1.98.